The molecule has 11 heavy (non-hydrogen) atoms. The molecular weight excluding hydrogens is 180 g/mol. The van der Waals surface area contributed by atoms with E-state index in [2.05, 4.69) is 6.92 Å². The fourth-order valence-corrected chi connectivity index (χ4v) is 3.42. The summed E-state index contributed by atoms with van der Waals surface area (Å²) in [6, 6.07) is 0. The molecule has 0 aliphatic heterocycles. The molecule has 0 aromatic heterocycles. The predicted molar refractivity (Wildman–Crippen MR) is 50.5 cm³/mol. The van der Waals surface area contributed by atoms with Gasteiger partial charge in [-0.05, 0) is 6.92 Å². The van der Waals surface area contributed by atoms with Crippen molar-refractivity contribution in [2.75, 3.05) is 14.2 Å². The third-order valence-electron chi connectivity index (χ3n) is 1.88. The number of alkyl halides is 1. The summed E-state index contributed by atoms with van der Waals surface area (Å²) in [5.41, 5.74) is 0.409. The van der Waals surface area contributed by atoms with Crippen molar-refractivity contribution in [3.05, 3.63) is 0 Å². The maximum absolute atomic E-state index is 5.97. The Bertz CT molecular complexity index is 96.4. The zero-order chi connectivity index (χ0) is 8.85. The smallest absolute Gasteiger partial charge is 0.325 e. The average molecular weight is 197 g/mol. The Hall–Kier alpha value is 0.427. The molecule has 4 heteroatoms. The van der Waals surface area contributed by atoms with E-state index in [0.29, 0.717) is 5.54 Å². The quantitative estimate of drug-likeness (QED) is 0.494. The summed E-state index contributed by atoms with van der Waals surface area (Å²) in [7, 11) is 1.90. The van der Waals surface area contributed by atoms with Crippen molar-refractivity contribution in [3.8, 4) is 0 Å². The van der Waals surface area contributed by atoms with Crippen LogP contribution in [-0.4, -0.2) is 28.9 Å². The maximum atomic E-state index is 5.97. The molecule has 0 fully saturated rings. The highest BCUT2D eigenvalue weighted by atomic mass is 35.5. The van der Waals surface area contributed by atoms with Crippen LogP contribution in [-0.2, 0) is 8.85 Å². The molecule has 0 aromatic rings. The fraction of sp³-hybridized carbons (Fsp3) is 1.00. The zero-order valence-corrected chi connectivity index (χ0v) is 9.54. The van der Waals surface area contributed by atoms with Gasteiger partial charge in [0.15, 0.2) is 0 Å². The second-order valence-electron chi connectivity index (χ2n) is 2.59. The van der Waals surface area contributed by atoms with Crippen molar-refractivity contribution in [2.24, 2.45) is 0 Å². The van der Waals surface area contributed by atoms with Gasteiger partial charge in [-0.2, -0.15) is 0 Å². The van der Waals surface area contributed by atoms with E-state index >= 15 is 0 Å². The lowest BCUT2D eigenvalue weighted by molar-refractivity contribution is 0.263. The van der Waals surface area contributed by atoms with Crippen LogP contribution in [0.15, 0.2) is 0 Å². The molecule has 0 aromatic carbocycles. The van der Waals surface area contributed by atoms with Crippen molar-refractivity contribution in [2.45, 2.75) is 31.2 Å². The van der Waals surface area contributed by atoms with Crippen LogP contribution in [0.1, 0.15) is 20.3 Å². The van der Waals surface area contributed by atoms with E-state index in [1.54, 1.807) is 14.2 Å². The summed E-state index contributed by atoms with van der Waals surface area (Å²) in [5, 5.41) is 0.150. The van der Waals surface area contributed by atoms with Crippen LogP contribution >= 0.6 is 11.6 Å². The first-order chi connectivity index (χ1) is 5.17. The number of rotatable bonds is 5. The molecule has 2 nitrogen and oxygen atoms in total. The number of hydrogen-bond acceptors (Lipinski definition) is 2. The monoisotopic (exact) mass is 196 g/mol. The third kappa shape index (κ3) is 3.56. The molecule has 0 spiro atoms. The second-order valence-corrected chi connectivity index (χ2v) is 5.81. The Morgan fingerprint density at radius 2 is 1.82 bits per heavy atom. The van der Waals surface area contributed by atoms with Gasteiger partial charge in [0, 0.05) is 25.1 Å². The Labute approximate surface area is 75.7 Å². The van der Waals surface area contributed by atoms with Crippen LogP contribution in [0.25, 0.3) is 0 Å². The zero-order valence-electron chi connectivity index (χ0n) is 7.63. The second kappa shape index (κ2) is 6.00. The van der Waals surface area contributed by atoms with Crippen LogP contribution in [0, 0.1) is 0 Å². The highest BCUT2D eigenvalue weighted by Crippen LogP contribution is 2.24. The summed E-state index contributed by atoms with van der Waals surface area (Å²) in [5.74, 6) is 0. The molecular formula is C7H17ClO2Si. The SMILES string of the molecule is CCC(C(C)Cl)[SiH](OC)OC. The molecule has 0 aliphatic carbocycles. The fourth-order valence-electron chi connectivity index (χ4n) is 1.18. The summed E-state index contributed by atoms with van der Waals surface area (Å²) in [6.07, 6.45) is 1.03. The van der Waals surface area contributed by atoms with Crippen LogP contribution in [0.3, 0.4) is 0 Å². The predicted octanol–water partition coefficient (Wildman–Crippen LogP) is 1.91. The first-order valence-electron chi connectivity index (χ1n) is 3.87. The van der Waals surface area contributed by atoms with Crippen molar-refractivity contribution in [1.82, 2.24) is 0 Å². The van der Waals surface area contributed by atoms with E-state index in [1.807, 2.05) is 6.92 Å². The lowest BCUT2D eigenvalue weighted by Gasteiger charge is -2.23. The standard InChI is InChI=1S/C7H17ClO2Si/c1-5-7(6(2)8)11(9-3)10-4/h6-7,11H,5H2,1-4H3. The maximum Gasteiger partial charge on any atom is 0.325 e. The minimum atomic E-state index is -1.50. The number of halogens is 1. The summed E-state index contributed by atoms with van der Waals surface area (Å²) in [6.45, 7) is 4.11. The molecule has 0 N–H and O–H groups in total. The molecule has 0 bridgehead atoms. The van der Waals surface area contributed by atoms with Crippen molar-refractivity contribution >= 4 is 20.9 Å². The first kappa shape index (κ1) is 11.4. The van der Waals surface area contributed by atoms with Crippen LogP contribution in [0.5, 0.6) is 0 Å². The Morgan fingerprint density at radius 1 is 1.36 bits per heavy atom. The Balaban J connectivity index is 3.98. The third-order valence-corrected chi connectivity index (χ3v) is 5.12. The molecule has 0 amide bonds. The average Bonchev–Trinajstić information content (AvgIpc) is 1.99. The van der Waals surface area contributed by atoms with Crippen molar-refractivity contribution < 1.29 is 8.85 Å². The normalized spacial score (nSPS) is 16.9. The Morgan fingerprint density at radius 3 is 1.91 bits per heavy atom. The van der Waals surface area contributed by atoms with Gasteiger partial charge in [0.2, 0.25) is 0 Å². The van der Waals surface area contributed by atoms with Gasteiger partial charge in [-0.15, -0.1) is 11.6 Å². The lowest BCUT2D eigenvalue weighted by Crippen LogP contribution is -2.30. The minimum absolute atomic E-state index is 0.150. The molecule has 0 heterocycles. The molecule has 0 radical (unpaired) electrons. The highest BCUT2D eigenvalue weighted by molar-refractivity contribution is 6.48. The van der Waals surface area contributed by atoms with Crippen molar-refractivity contribution in [3.63, 3.8) is 0 Å². The van der Waals surface area contributed by atoms with Crippen LogP contribution in [0.4, 0.5) is 0 Å². The molecule has 2 unspecified atom stereocenters. The van der Waals surface area contributed by atoms with E-state index in [-0.39, 0.29) is 5.38 Å². The molecule has 0 saturated heterocycles. The van der Waals surface area contributed by atoms with Gasteiger partial charge in [-0.1, -0.05) is 13.3 Å². The Kier molecular flexibility index (Phi) is 6.23. The molecule has 0 saturated carbocycles. The molecule has 68 valence electrons. The molecule has 0 rings (SSSR count). The van der Waals surface area contributed by atoms with Crippen LogP contribution < -0.4 is 0 Å². The van der Waals surface area contributed by atoms with Gasteiger partial charge in [-0.25, -0.2) is 0 Å². The number of hydrogen-bond donors (Lipinski definition) is 0. The summed E-state index contributed by atoms with van der Waals surface area (Å²) in [4.78, 5) is 0. The summed E-state index contributed by atoms with van der Waals surface area (Å²) >= 11 is 5.97. The van der Waals surface area contributed by atoms with Gasteiger partial charge >= 0.3 is 9.28 Å². The topological polar surface area (TPSA) is 18.5 Å². The lowest BCUT2D eigenvalue weighted by atomic mass is 10.3. The highest BCUT2D eigenvalue weighted by Gasteiger charge is 2.26. The van der Waals surface area contributed by atoms with Gasteiger partial charge < -0.3 is 8.85 Å². The minimum Gasteiger partial charge on any atom is -0.400 e. The molecule has 0 aliphatic rings. The van der Waals surface area contributed by atoms with Crippen molar-refractivity contribution in [1.29, 1.82) is 0 Å². The van der Waals surface area contributed by atoms with Gasteiger partial charge in [0.25, 0.3) is 0 Å². The van der Waals surface area contributed by atoms with Gasteiger partial charge in [0.05, 0.1) is 0 Å². The van der Waals surface area contributed by atoms with Gasteiger partial charge in [-0.3, -0.25) is 0 Å². The molecule has 2 atom stereocenters. The van der Waals surface area contributed by atoms with E-state index in [9.17, 15) is 0 Å². The van der Waals surface area contributed by atoms with E-state index in [0.717, 1.165) is 6.42 Å². The largest absolute Gasteiger partial charge is 0.400 e. The van der Waals surface area contributed by atoms with Gasteiger partial charge in [0.1, 0.15) is 0 Å². The summed E-state index contributed by atoms with van der Waals surface area (Å²) < 4.78 is 10.5. The van der Waals surface area contributed by atoms with Crippen LogP contribution in [0.2, 0.25) is 5.54 Å². The van der Waals surface area contributed by atoms with E-state index < -0.39 is 9.28 Å². The first-order valence-corrected chi connectivity index (χ1v) is 5.91. The van der Waals surface area contributed by atoms with E-state index in [4.69, 9.17) is 20.5 Å². The van der Waals surface area contributed by atoms with E-state index in [1.165, 1.54) is 0 Å².